The zero-order valence-corrected chi connectivity index (χ0v) is 10.00. The van der Waals surface area contributed by atoms with Crippen LogP contribution in [0.3, 0.4) is 0 Å². The minimum absolute atomic E-state index is 0.961. The summed E-state index contributed by atoms with van der Waals surface area (Å²) in [7, 11) is 0. The van der Waals surface area contributed by atoms with Crippen LogP contribution in [0.15, 0.2) is 6.07 Å². The average molecular weight is 206 g/mol. The van der Waals surface area contributed by atoms with E-state index in [1.165, 1.54) is 44.2 Å². The normalized spacial score (nSPS) is 18.3. The van der Waals surface area contributed by atoms with Crippen LogP contribution < -0.4 is 0 Å². The van der Waals surface area contributed by atoms with Crippen molar-refractivity contribution in [2.24, 2.45) is 5.92 Å². The van der Waals surface area contributed by atoms with Crippen molar-refractivity contribution in [2.45, 2.75) is 58.9 Å². The highest BCUT2D eigenvalue weighted by Gasteiger charge is 2.13. The highest BCUT2D eigenvalue weighted by Crippen LogP contribution is 2.26. The minimum Gasteiger partial charge on any atom is -0.270 e. The van der Waals surface area contributed by atoms with E-state index >= 15 is 0 Å². The topological polar surface area (TPSA) is 17.8 Å². The molecule has 1 aromatic rings. The van der Waals surface area contributed by atoms with Gasteiger partial charge in [-0.1, -0.05) is 32.1 Å². The van der Waals surface area contributed by atoms with Gasteiger partial charge in [0.05, 0.1) is 5.69 Å². The van der Waals surface area contributed by atoms with Gasteiger partial charge in [0.1, 0.15) is 0 Å². The molecule has 15 heavy (non-hydrogen) atoms. The van der Waals surface area contributed by atoms with Gasteiger partial charge in [0, 0.05) is 12.2 Å². The number of aryl methyl sites for hydroxylation is 3. The fourth-order valence-corrected chi connectivity index (χ4v) is 2.68. The molecule has 0 atom stereocenters. The molecule has 2 nitrogen and oxygen atoms in total. The van der Waals surface area contributed by atoms with E-state index in [0.29, 0.717) is 0 Å². The van der Waals surface area contributed by atoms with Crippen LogP contribution in [-0.4, -0.2) is 9.78 Å². The molecule has 1 aromatic heterocycles. The molecule has 1 fully saturated rings. The lowest BCUT2D eigenvalue weighted by atomic mass is 9.87. The van der Waals surface area contributed by atoms with Crippen LogP contribution in [0.1, 0.15) is 49.9 Å². The molecule has 1 heterocycles. The van der Waals surface area contributed by atoms with E-state index in [1.807, 2.05) is 0 Å². The Morgan fingerprint density at radius 2 is 2.00 bits per heavy atom. The van der Waals surface area contributed by atoms with Crippen LogP contribution in [0, 0.1) is 19.8 Å². The second-order valence-corrected chi connectivity index (χ2v) is 4.94. The van der Waals surface area contributed by atoms with Gasteiger partial charge in [0.15, 0.2) is 0 Å². The van der Waals surface area contributed by atoms with Gasteiger partial charge in [-0.25, -0.2) is 0 Å². The Balaban J connectivity index is 1.84. The molecular weight excluding hydrogens is 184 g/mol. The predicted molar refractivity (Wildman–Crippen MR) is 62.9 cm³/mol. The number of hydrogen-bond donors (Lipinski definition) is 0. The van der Waals surface area contributed by atoms with Crippen molar-refractivity contribution in [1.29, 1.82) is 0 Å². The van der Waals surface area contributed by atoms with Gasteiger partial charge in [-0.05, 0) is 32.3 Å². The zero-order valence-electron chi connectivity index (χ0n) is 10.00. The van der Waals surface area contributed by atoms with Crippen LogP contribution >= 0.6 is 0 Å². The summed E-state index contributed by atoms with van der Waals surface area (Å²) in [5, 5.41) is 4.51. The first-order chi connectivity index (χ1) is 7.25. The van der Waals surface area contributed by atoms with Crippen molar-refractivity contribution in [3.63, 3.8) is 0 Å². The summed E-state index contributed by atoms with van der Waals surface area (Å²) >= 11 is 0. The van der Waals surface area contributed by atoms with Gasteiger partial charge in [0.2, 0.25) is 0 Å². The molecule has 0 spiro atoms. The molecule has 0 bridgehead atoms. The number of hydrogen-bond acceptors (Lipinski definition) is 1. The Morgan fingerprint density at radius 1 is 1.27 bits per heavy atom. The summed E-state index contributed by atoms with van der Waals surface area (Å²) in [4.78, 5) is 0. The lowest BCUT2D eigenvalue weighted by molar-refractivity contribution is 0.317. The Labute approximate surface area is 92.7 Å². The maximum atomic E-state index is 4.51. The second-order valence-electron chi connectivity index (χ2n) is 4.94. The zero-order chi connectivity index (χ0) is 10.7. The SMILES string of the molecule is Cc1cc(C)n(CCC2CCCCC2)n1. The fraction of sp³-hybridized carbons (Fsp3) is 0.769. The van der Waals surface area contributed by atoms with E-state index in [1.54, 1.807) is 0 Å². The number of aromatic nitrogens is 2. The molecule has 0 aromatic carbocycles. The van der Waals surface area contributed by atoms with Crippen molar-refractivity contribution in [3.8, 4) is 0 Å². The molecule has 2 heteroatoms. The van der Waals surface area contributed by atoms with Crippen LogP contribution in [-0.2, 0) is 6.54 Å². The minimum atomic E-state index is 0.961. The molecule has 0 N–H and O–H groups in total. The van der Waals surface area contributed by atoms with E-state index in [4.69, 9.17) is 0 Å². The quantitative estimate of drug-likeness (QED) is 0.740. The molecule has 0 saturated heterocycles. The Hall–Kier alpha value is -0.790. The third-order valence-electron chi connectivity index (χ3n) is 3.58. The molecule has 2 rings (SSSR count). The summed E-state index contributed by atoms with van der Waals surface area (Å²) in [6, 6.07) is 2.17. The Kier molecular flexibility index (Phi) is 3.45. The Bertz CT molecular complexity index is 308. The summed E-state index contributed by atoms with van der Waals surface area (Å²) < 4.78 is 2.17. The molecule has 0 radical (unpaired) electrons. The fourth-order valence-electron chi connectivity index (χ4n) is 2.68. The molecular formula is C13H22N2. The average Bonchev–Trinajstić information content (AvgIpc) is 2.56. The first-order valence-corrected chi connectivity index (χ1v) is 6.27. The van der Waals surface area contributed by atoms with E-state index in [-0.39, 0.29) is 0 Å². The molecule has 0 unspecified atom stereocenters. The van der Waals surface area contributed by atoms with E-state index < -0.39 is 0 Å². The van der Waals surface area contributed by atoms with Crippen molar-refractivity contribution >= 4 is 0 Å². The molecule has 1 aliphatic rings. The van der Waals surface area contributed by atoms with Gasteiger partial charge in [-0.15, -0.1) is 0 Å². The van der Waals surface area contributed by atoms with Crippen molar-refractivity contribution in [1.82, 2.24) is 9.78 Å². The van der Waals surface area contributed by atoms with E-state index in [2.05, 4.69) is 29.7 Å². The first-order valence-electron chi connectivity index (χ1n) is 6.27. The van der Waals surface area contributed by atoms with Gasteiger partial charge in [-0.3, -0.25) is 4.68 Å². The predicted octanol–water partition coefficient (Wildman–Crippen LogP) is 3.47. The number of rotatable bonds is 3. The third kappa shape index (κ3) is 2.83. The molecule has 0 amide bonds. The van der Waals surface area contributed by atoms with Gasteiger partial charge >= 0.3 is 0 Å². The summed E-state index contributed by atoms with van der Waals surface area (Å²) in [6.07, 6.45) is 8.56. The Morgan fingerprint density at radius 3 is 2.60 bits per heavy atom. The van der Waals surface area contributed by atoms with Crippen LogP contribution in [0.4, 0.5) is 0 Å². The van der Waals surface area contributed by atoms with E-state index in [0.717, 1.165) is 18.2 Å². The molecule has 1 saturated carbocycles. The molecule has 84 valence electrons. The maximum absolute atomic E-state index is 4.51. The van der Waals surface area contributed by atoms with Crippen molar-refractivity contribution < 1.29 is 0 Å². The summed E-state index contributed by atoms with van der Waals surface area (Å²) in [5.41, 5.74) is 2.46. The lowest BCUT2D eigenvalue weighted by Gasteiger charge is -2.21. The molecule has 1 aliphatic carbocycles. The van der Waals surface area contributed by atoms with Crippen LogP contribution in [0.25, 0.3) is 0 Å². The largest absolute Gasteiger partial charge is 0.270 e. The summed E-state index contributed by atoms with van der Waals surface area (Å²) in [6.45, 7) is 5.34. The van der Waals surface area contributed by atoms with Crippen molar-refractivity contribution in [2.75, 3.05) is 0 Å². The van der Waals surface area contributed by atoms with E-state index in [9.17, 15) is 0 Å². The smallest absolute Gasteiger partial charge is 0.0596 e. The monoisotopic (exact) mass is 206 g/mol. The van der Waals surface area contributed by atoms with Crippen LogP contribution in [0.2, 0.25) is 0 Å². The summed E-state index contributed by atoms with van der Waals surface area (Å²) in [5.74, 6) is 0.961. The van der Waals surface area contributed by atoms with Gasteiger partial charge in [0.25, 0.3) is 0 Å². The van der Waals surface area contributed by atoms with Gasteiger partial charge in [-0.2, -0.15) is 5.10 Å². The van der Waals surface area contributed by atoms with Crippen molar-refractivity contribution in [3.05, 3.63) is 17.5 Å². The number of nitrogens with zero attached hydrogens (tertiary/aromatic N) is 2. The lowest BCUT2D eigenvalue weighted by Crippen LogP contribution is -2.11. The first kappa shape index (κ1) is 10.7. The standard InChI is InChI=1S/C13H22N2/c1-11-10-12(2)15(14-11)9-8-13-6-4-3-5-7-13/h10,13H,3-9H2,1-2H3. The van der Waals surface area contributed by atoms with Crippen LogP contribution in [0.5, 0.6) is 0 Å². The molecule has 0 aliphatic heterocycles. The maximum Gasteiger partial charge on any atom is 0.0596 e. The van der Waals surface area contributed by atoms with Gasteiger partial charge < -0.3 is 0 Å². The third-order valence-corrected chi connectivity index (χ3v) is 3.58. The highest BCUT2D eigenvalue weighted by atomic mass is 15.3. The highest BCUT2D eigenvalue weighted by molar-refractivity contribution is 5.06. The second kappa shape index (κ2) is 4.82.